The first-order valence-corrected chi connectivity index (χ1v) is 14.9. The first-order valence-electron chi connectivity index (χ1n) is 14.0. The minimum absolute atomic E-state index is 0.182. The highest BCUT2D eigenvalue weighted by Gasteiger charge is 2.32. The van der Waals surface area contributed by atoms with Crippen molar-refractivity contribution in [3.63, 3.8) is 0 Å². The SMILES string of the molecule is CCc1ccc(C)cc1-n1c(C=C(C)C)c(C(=O)N2CCNCC2)cc(-c2nc(-c3ccc(C(F)(F)F)nc3)cs2)c1=O. The zero-order valence-corrected chi connectivity index (χ0v) is 25.2. The summed E-state index contributed by atoms with van der Waals surface area (Å²) in [6.07, 6.45) is -0.894. The van der Waals surface area contributed by atoms with Crippen molar-refractivity contribution in [3.8, 4) is 27.5 Å². The van der Waals surface area contributed by atoms with Gasteiger partial charge in [-0.1, -0.05) is 24.6 Å². The third-order valence-corrected chi connectivity index (χ3v) is 8.12. The molecule has 1 aromatic carbocycles. The van der Waals surface area contributed by atoms with E-state index in [1.807, 2.05) is 52.0 Å². The number of hydrogen-bond donors (Lipinski definition) is 1. The van der Waals surface area contributed by atoms with Crippen molar-refractivity contribution in [1.82, 2.24) is 24.8 Å². The van der Waals surface area contributed by atoms with Crippen molar-refractivity contribution >= 4 is 23.3 Å². The highest BCUT2D eigenvalue weighted by atomic mass is 32.1. The lowest BCUT2D eigenvalue weighted by atomic mass is 10.0. The summed E-state index contributed by atoms with van der Waals surface area (Å²) in [7, 11) is 0. The molecule has 224 valence electrons. The molecule has 4 heterocycles. The van der Waals surface area contributed by atoms with Crippen LogP contribution in [0, 0.1) is 6.92 Å². The fraction of sp³-hybridized carbons (Fsp3) is 0.312. The van der Waals surface area contributed by atoms with Crippen molar-refractivity contribution in [3.05, 3.63) is 92.0 Å². The van der Waals surface area contributed by atoms with Gasteiger partial charge in [-0.3, -0.25) is 19.1 Å². The smallest absolute Gasteiger partial charge is 0.336 e. The molecule has 1 fully saturated rings. The van der Waals surface area contributed by atoms with Crippen LogP contribution in [0.4, 0.5) is 13.2 Å². The molecule has 1 N–H and O–H groups in total. The second-order valence-electron chi connectivity index (χ2n) is 10.7. The molecule has 4 aromatic rings. The summed E-state index contributed by atoms with van der Waals surface area (Å²) in [5.41, 5.74) is 4.10. The van der Waals surface area contributed by atoms with E-state index in [2.05, 4.69) is 15.3 Å². The molecule has 11 heteroatoms. The fourth-order valence-corrected chi connectivity index (χ4v) is 5.91. The number of nitrogens with one attached hydrogen (secondary N) is 1. The first kappa shape index (κ1) is 30.4. The zero-order chi connectivity index (χ0) is 30.9. The van der Waals surface area contributed by atoms with Crippen LogP contribution < -0.4 is 10.9 Å². The summed E-state index contributed by atoms with van der Waals surface area (Å²) in [6, 6.07) is 9.77. The van der Waals surface area contributed by atoms with E-state index in [1.165, 1.54) is 17.4 Å². The number of thiazole rings is 1. The van der Waals surface area contributed by atoms with Crippen molar-refractivity contribution in [2.75, 3.05) is 26.2 Å². The largest absolute Gasteiger partial charge is 0.433 e. The van der Waals surface area contributed by atoms with Gasteiger partial charge in [0.1, 0.15) is 10.7 Å². The van der Waals surface area contributed by atoms with Crippen LogP contribution in [0.25, 0.3) is 33.6 Å². The maximum Gasteiger partial charge on any atom is 0.433 e. The minimum atomic E-state index is -4.55. The van der Waals surface area contributed by atoms with Crippen molar-refractivity contribution in [2.45, 2.75) is 40.3 Å². The van der Waals surface area contributed by atoms with Gasteiger partial charge >= 0.3 is 6.18 Å². The molecule has 0 spiro atoms. The topological polar surface area (TPSA) is 80.1 Å². The average Bonchev–Trinajstić information content (AvgIpc) is 3.47. The van der Waals surface area contributed by atoms with Crippen LogP contribution in [0.5, 0.6) is 0 Å². The van der Waals surface area contributed by atoms with Crippen molar-refractivity contribution in [1.29, 1.82) is 0 Å². The second kappa shape index (κ2) is 12.3. The van der Waals surface area contributed by atoms with Crippen LogP contribution in [0.1, 0.15) is 53.6 Å². The third-order valence-electron chi connectivity index (χ3n) is 7.25. The monoisotopic (exact) mass is 607 g/mol. The van der Waals surface area contributed by atoms with Gasteiger partial charge in [-0.15, -0.1) is 11.3 Å². The van der Waals surface area contributed by atoms with E-state index in [1.54, 1.807) is 20.9 Å². The lowest BCUT2D eigenvalue weighted by molar-refractivity contribution is -0.141. The van der Waals surface area contributed by atoms with E-state index >= 15 is 0 Å². The Balaban J connectivity index is 1.74. The molecule has 0 unspecified atom stereocenters. The number of carbonyl (C=O) groups is 1. The molecular formula is C32H32F3N5O2S. The standard InChI is InChI=1S/C32H32F3N5O2S/c1-5-21-7-6-20(4)15-26(21)40-27(14-19(2)3)23(30(41)39-12-10-36-11-13-39)16-24(31(40)42)29-38-25(18-43-29)22-8-9-28(37-17-22)32(33,34)35/h6-9,14-18,36H,5,10-13H2,1-4H3. The van der Waals surface area contributed by atoms with Crippen LogP contribution in [-0.4, -0.2) is 51.5 Å². The summed E-state index contributed by atoms with van der Waals surface area (Å²) in [6.45, 7) is 10.2. The number of alkyl halides is 3. The Labute approximate surface area is 251 Å². The number of rotatable bonds is 6. The van der Waals surface area contributed by atoms with Crippen molar-refractivity contribution < 1.29 is 18.0 Å². The molecule has 0 atom stereocenters. The molecule has 5 rings (SSSR count). The molecule has 0 aliphatic carbocycles. The van der Waals surface area contributed by atoms with Gasteiger partial charge in [-0.25, -0.2) is 4.98 Å². The predicted molar refractivity (Wildman–Crippen MR) is 164 cm³/mol. The normalized spacial score (nSPS) is 13.7. The van der Waals surface area contributed by atoms with Gasteiger partial charge in [0.05, 0.1) is 28.2 Å². The van der Waals surface area contributed by atoms with Gasteiger partial charge in [0.2, 0.25) is 0 Å². The average molecular weight is 608 g/mol. The number of piperazine rings is 1. The lowest BCUT2D eigenvalue weighted by Crippen LogP contribution is -2.47. The maximum atomic E-state index is 14.4. The van der Waals surface area contributed by atoms with Crippen LogP contribution >= 0.6 is 11.3 Å². The van der Waals surface area contributed by atoms with E-state index in [4.69, 9.17) is 0 Å². The van der Waals surface area contributed by atoms with Gasteiger partial charge < -0.3 is 10.2 Å². The number of aryl methyl sites for hydroxylation is 2. The molecule has 1 aliphatic heterocycles. The number of amides is 1. The predicted octanol–water partition coefficient (Wildman–Crippen LogP) is 6.38. The first-order chi connectivity index (χ1) is 20.5. The van der Waals surface area contributed by atoms with E-state index in [-0.39, 0.29) is 17.0 Å². The Morgan fingerprint density at radius 1 is 1.12 bits per heavy atom. The van der Waals surface area contributed by atoms with Crippen LogP contribution in [0.2, 0.25) is 0 Å². The fourth-order valence-electron chi connectivity index (χ4n) is 5.07. The van der Waals surface area contributed by atoms with Crippen LogP contribution in [-0.2, 0) is 12.6 Å². The van der Waals surface area contributed by atoms with Gasteiger partial charge in [0, 0.05) is 43.3 Å². The number of halogens is 3. The molecule has 1 saturated heterocycles. The second-order valence-corrected chi connectivity index (χ2v) is 11.6. The Morgan fingerprint density at radius 2 is 1.86 bits per heavy atom. The molecule has 1 aliphatic rings. The summed E-state index contributed by atoms with van der Waals surface area (Å²) in [5, 5.41) is 5.30. The Hall–Kier alpha value is -4.09. The molecule has 0 bridgehead atoms. The summed E-state index contributed by atoms with van der Waals surface area (Å²) >= 11 is 1.19. The molecule has 3 aromatic heterocycles. The minimum Gasteiger partial charge on any atom is -0.336 e. The number of aromatic nitrogens is 3. The molecule has 7 nitrogen and oxygen atoms in total. The molecule has 43 heavy (non-hydrogen) atoms. The van der Waals surface area contributed by atoms with Gasteiger partial charge in [-0.05, 0) is 68.7 Å². The van der Waals surface area contributed by atoms with E-state index in [9.17, 15) is 22.8 Å². The number of nitrogens with zero attached hydrogens (tertiary/aromatic N) is 4. The zero-order valence-electron chi connectivity index (χ0n) is 24.4. The van der Waals surface area contributed by atoms with Crippen LogP contribution in [0.15, 0.2) is 58.3 Å². The molecular weight excluding hydrogens is 575 g/mol. The van der Waals surface area contributed by atoms with Crippen LogP contribution in [0.3, 0.4) is 0 Å². The third kappa shape index (κ3) is 6.33. The Kier molecular flexibility index (Phi) is 8.66. The Morgan fingerprint density at radius 3 is 2.49 bits per heavy atom. The molecule has 0 saturated carbocycles. The number of allylic oxidation sites excluding steroid dienone is 1. The number of hydrogen-bond acceptors (Lipinski definition) is 6. The van der Waals surface area contributed by atoms with Crippen molar-refractivity contribution in [2.24, 2.45) is 0 Å². The molecule has 0 radical (unpaired) electrons. The number of carbonyl (C=O) groups excluding carboxylic acids is 1. The van der Waals surface area contributed by atoms with Gasteiger partial charge in [0.15, 0.2) is 0 Å². The Bertz CT molecular complexity index is 1750. The van der Waals surface area contributed by atoms with E-state index < -0.39 is 11.9 Å². The number of benzene rings is 1. The summed E-state index contributed by atoms with van der Waals surface area (Å²) < 4.78 is 40.8. The van der Waals surface area contributed by atoms with E-state index in [0.717, 1.165) is 29.0 Å². The summed E-state index contributed by atoms with van der Waals surface area (Å²) in [4.78, 5) is 38.5. The lowest BCUT2D eigenvalue weighted by Gasteiger charge is -2.29. The van der Waals surface area contributed by atoms with E-state index in [0.29, 0.717) is 65.8 Å². The number of pyridine rings is 2. The molecule has 1 amide bonds. The summed E-state index contributed by atoms with van der Waals surface area (Å²) in [5.74, 6) is -0.182. The van der Waals surface area contributed by atoms with Gasteiger partial charge in [0.25, 0.3) is 11.5 Å². The van der Waals surface area contributed by atoms with Gasteiger partial charge in [-0.2, -0.15) is 13.2 Å². The highest BCUT2D eigenvalue weighted by Crippen LogP contribution is 2.32. The highest BCUT2D eigenvalue weighted by molar-refractivity contribution is 7.13. The quantitative estimate of drug-likeness (QED) is 0.275. The maximum absolute atomic E-state index is 14.4.